The highest BCUT2D eigenvalue weighted by Crippen LogP contribution is 2.39. The fourth-order valence-corrected chi connectivity index (χ4v) is 3.60. The molecule has 162 valence electrons. The number of hydrogen-bond acceptors (Lipinski definition) is 5. The molecule has 0 unspecified atom stereocenters. The number of aromatic nitrogens is 3. The van der Waals surface area contributed by atoms with Crippen molar-refractivity contribution in [2.75, 3.05) is 6.61 Å². The molecule has 2 heterocycles. The number of aryl methyl sites for hydroxylation is 1. The second kappa shape index (κ2) is 8.85. The molecule has 8 nitrogen and oxygen atoms in total. The van der Waals surface area contributed by atoms with E-state index in [0.717, 1.165) is 29.7 Å². The number of pyridine rings is 1. The summed E-state index contributed by atoms with van der Waals surface area (Å²) >= 11 is 0. The van der Waals surface area contributed by atoms with E-state index in [1.807, 2.05) is 31.2 Å². The molecule has 4 rings (SSSR count). The quantitative estimate of drug-likeness (QED) is 0.580. The van der Waals surface area contributed by atoms with Gasteiger partial charge in [-0.05, 0) is 43.9 Å². The zero-order valence-corrected chi connectivity index (χ0v) is 17.7. The van der Waals surface area contributed by atoms with Crippen molar-refractivity contribution in [3.8, 4) is 0 Å². The third-order valence-corrected chi connectivity index (χ3v) is 5.47. The van der Waals surface area contributed by atoms with Gasteiger partial charge in [0.15, 0.2) is 5.65 Å². The first-order chi connectivity index (χ1) is 15.0. The number of nitrogens with zero attached hydrogens (tertiary/aromatic N) is 2. The molecule has 1 aromatic carbocycles. The number of rotatable bonds is 8. The molecule has 1 aliphatic carbocycles. The van der Waals surface area contributed by atoms with Gasteiger partial charge in [0, 0.05) is 31.3 Å². The van der Waals surface area contributed by atoms with E-state index in [-0.39, 0.29) is 28.4 Å². The van der Waals surface area contributed by atoms with Gasteiger partial charge in [-0.25, -0.2) is 9.78 Å². The van der Waals surface area contributed by atoms with Crippen LogP contribution in [-0.4, -0.2) is 27.0 Å². The van der Waals surface area contributed by atoms with Crippen molar-refractivity contribution in [2.24, 2.45) is 0 Å². The van der Waals surface area contributed by atoms with Crippen LogP contribution in [0.15, 0.2) is 39.9 Å². The number of aromatic amines is 1. The average Bonchev–Trinajstić information content (AvgIpc) is 3.61. The van der Waals surface area contributed by atoms with Crippen LogP contribution in [0.2, 0.25) is 0 Å². The van der Waals surface area contributed by atoms with E-state index in [1.54, 1.807) is 13.0 Å². The van der Waals surface area contributed by atoms with Crippen molar-refractivity contribution >= 4 is 16.9 Å². The Labute approximate surface area is 179 Å². The van der Waals surface area contributed by atoms with Gasteiger partial charge in [0.1, 0.15) is 0 Å². The summed E-state index contributed by atoms with van der Waals surface area (Å²) in [5.74, 6) is -0.0898. The molecule has 0 bridgehead atoms. The molecular weight excluding hydrogens is 396 g/mol. The maximum atomic E-state index is 13.1. The summed E-state index contributed by atoms with van der Waals surface area (Å²) in [6, 6.07) is 9.51. The van der Waals surface area contributed by atoms with E-state index in [2.05, 4.69) is 15.3 Å². The third kappa shape index (κ3) is 4.44. The fourth-order valence-electron chi connectivity index (χ4n) is 3.60. The lowest BCUT2D eigenvalue weighted by atomic mass is 10.1. The molecule has 2 N–H and O–H groups in total. The predicted octanol–water partition coefficient (Wildman–Crippen LogP) is 2.45. The summed E-state index contributed by atoms with van der Waals surface area (Å²) in [6.45, 7) is 5.64. The lowest BCUT2D eigenvalue weighted by Crippen LogP contribution is -2.33. The first-order valence-electron chi connectivity index (χ1n) is 10.6. The maximum absolute atomic E-state index is 13.1. The Kier molecular flexibility index (Phi) is 5.99. The highest BCUT2D eigenvalue weighted by Gasteiger charge is 2.28. The first kappa shape index (κ1) is 21.0. The highest BCUT2D eigenvalue weighted by molar-refractivity contribution is 6.05. The van der Waals surface area contributed by atoms with Gasteiger partial charge in [-0.3, -0.25) is 19.1 Å². The van der Waals surface area contributed by atoms with Crippen LogP contribution in [0.5, 0.6) is 0 Å². The van der Waals surface area contributed by atoms with E-state index in [0.29, 0.717) is 26.3 Å². The van der Waals surface area contributed by atoms with Crippen LogP contribution in [-0.2, 0) is 24.4 Å². The van der Waals surface area contributed by atoms with Gasteiger partial charge >= 0.3 is 5.69 Å². The summed E-state index contributed by atoms with van der Waals surface area (Å²) in [4.78, 5) is 44.8. The Morgan fingerprint density at radius 2 is 1.90 bits per heavy atom. The summed E-state index contributed by atoms with van der Waals surface area (Å²) in [6.07, 6.45) is 1.99. The molecule has 2 aromatic heterocycles. The lowest BCUT2D eigenvalue weighted by Gasteiger charge is -2.13. The molecule has 0 radical (unpaired) electrons. The predicted molar refractivity (Wildman–Crippen MR) is 117 cm³/mol. The van der Waals surface area contributed by atoms with E-state index in [4.69, 9.17) is 4.74 Å². The minimum atomic E-state index is -0.593. The molecule has 31 heavy (non-hydrogen) atoms. The van der Waals surface area contributed by atoms with Gasteiger partial charge in [-0.2, -0.15) is 0 Å². The molecule has 1 fully saturated rings. The minimum Gasteiger partial charge on any atom is -0.377 e. The Bertz CT molecular complexity index is 1220. The van der Waals surface area contributed by atoms with Crippen LogP contribution in [0.1, 0.15) is 59.8 Å². The van der Waals surface area contributed by atoms with Crippen molar-refractivity contribution in [3.63, 3.8) is 0 Å². The zero-order valence-electron chi connectivity index (χ0n) is 17.7. The van der Waals surface area contributed by atoms with E-state index >= 15 is 0 Å². The molecule has 8 heteroatoms. The number of ether oxygens (including phenoxy) is 1. The fraction of sp³-hybridized carbons (Fsp3) is 0.391. The second-order valence-electron chi connectivity index (χ2n) is 7.71. The van der Waals surface area contributed by atoms with Gasteiger partial charge in [0.05, 0.1) is 17.6 Å². The minimum absolute atomic E-state index is 0.149. The summed E-state index contributed by atoms with van der Waals surface area (Å²) in [5, 5.41) is 3.05. The number of nitrogens with one attached hydrogen (secondary N) is 2. The molecule has 3 aromatic rings. The summed E-state index contributed by atoms with van der Waals surface area (Å²) < 4.78 is 6.80. The lowest BCUT2D eigenvalue weighted by molar-refractivity contribution is 0.0952. The van der Waals surface area contributed by atoms with E-state index in [9.17, 15) is 14.4 Å². The van der Waals surface area contributed by atoms with E-state index < -0.39 is 11.2 Å². The number of benzene rings is 1. The van der Waals surface area contributed by atoms with Crippen LogP contribution >= 0.6 is 0 Å². The van der Waals surface area contributed by atoms with Crippen LogP contribution in [0.3, 0.4) is 0 Å². The summed E-state index contributed by atoms with van der Waals surface area (Å²) in [7, 11) is 0. The van der Waals surface area contributed by atoms with Crippen LogP contribution in [0, 0.1) is 0 Å². The molecule has 0 saturated heterocycles. The van der Waals surface area contributed by atoms with Gasteiger partial charge in [-0.1, -0.05) is 24.3 Å². The van der Waals surface area contributed by atoms with E-state index in [1.165, 1.54) is 4.57 Å². The molecular formula is C23H26N4O4. The number of amides is 1. The van der Waals surface area contributed by atoms with Crippen LogP contribution in [0.4, 0.5) is 0 Å². The summed E-state index contributed by atoms with van der Waals surface area (Å²) in [5.41, 5.74) is 2.17. The molecule has 0 spiro atoms. The molecule has 1 aliphatic rings. The third-order valence-electron chi connectivity index (χ3n) is 5.47. The smallest absolute Gasteiger partial charge is 0.329 e. The highest BCUT2D eigenvalue weighted by atomic mass is 16.5. The maximum Gasteiger partial charge on any atom is 0.329 e. The Hall–Kier alpha value is -3.26. The van der Waals surface area contributed by atoms with Crippen molar-refractivity contribution in [1.82, 2.24) is 19.9 Å². The molecule has 0 atom stereocenters. The van der Waals surface area contributed by atoms with Gasteiger partial charge < -0.3 is 10.1 Å². The standard InChI is InChI=1S/C23H26N4O4/c1-3-27-20-19(22(29)26-23(27)30)17(11-18(25-20)16-9-10-16)21(28)24-12-14-5-7-15(8-6-14)13-31-4-2/h5-8,11,16H,3-4,9-10,12-13H2,1-2H3,(H,24,28)(H,26,29,30). The van der Waals surface area contributed by atoms with Crippen molar-refractivity contribution < 1.29 is 9.53 Å². The molecule has 0 aliphatic heterocycles. The normalized spacial score (nSPS) is 13.5. The van der Waals surface area contributed by atoms with Gasteiger partial charge in [0.25, 0.3) is 11.5 Å². The van der Waals surface area contributed by atoms with Crippen molar-refractivity contribution in [1.29, 1.82) is 0 Å². The number of hydrogen-bond donors (Lipinski definition) is 2. The molecule has 1 amide bonds. The number of carbonyl (C=O) groups is 1. The largest absolute Gasteiger partial charge is 0.377 e. The van der Waals surface area contributed by atoms with Crippen LogP contribution in [0.25, 0.3) is 11.0 Å². The van der Waals surface area contributed by atoms with Gasteiger partial charge in [0.2, 0.25) is 0 Å². The van der Waals surface area contributed by atoms with Gasteiger partial charge in [-0.15, -0.1) is 0 Å². The Morgan fingerprint density at radius 3 is 2.55 bits per heavy atom. The Morgan fingerprint density at radius 1 is 1.19 bits per heavy atom. The van der Waals surface area contributed by atoms with Crippen LogP contribution < -0.4 is 16.6 Å². The average molecular weight is 422 g/mol. The SMILES string of the molecule is CCOCc1ccc(CNC(=O)c2cc(C3CC3)nc3c2c(=O)[nH]c(=O)n3CC)cc1. The topological polar surface area (TPSA) is 106 Å². The zero-order chi connectivity index (χ0) is 22.0. The second-order valence-corrected chi connectivity index (χ2v) is 7.71. The van der Waals surface area contributed by atoms with Crippen molar-refractivity contribution in [3.05, 3.63) is 73.6 Å². The van der Waals surface area contributed by atoms with Crippen molar-refractivity contribution in [2.45, 2.75) is 52.3 Å². The Balaban J connectivity index is 1.64. The molecule has 1 saturated carbocycles. The monoisotopic (exact) mass is 422 g/mol. The first-order valence-corrected chi connectivity index (χ1v) is 10.6. The number of H-pyrrole nitrogens is 1. The number of carbonyl (C=O) groups excluding carboxylic acids is 1. The number of fused-ring (bicyclic) bond motifs is 1.